The minimum Gasteiger partial charge on any atom is -0.481 e. The highest BCUT2D eigenvalue weighted by Crippen LogP contribution is 1.86. The lowest BCUT2D eigenvalue weighted by molar-refractivity contribution is -0.143. The van der Waals surface area contributed by atoms with Crippen LogP contribution in [-0.4, -0.2) is 50.4 Å². The van der Waals surface area contributed by atoms with E-state index in [-0.39, 0.29) is 12.8 Å². The molecule has 0 aromatic rings. The van der Waals surface area contributed by atoms with Gasteiger partial charge in [-0.1, -0.05) is 0 Å². The van der Waals surface area contributed by atoms with Crippen LogP contribution in [0.3, 0.4) is 0 Å². The standard InChI is InChI=1S/C4H6O4.H4O4Si/c5-3(6)1-2-4(7)8;1-5(2,3)4/h1-2H2,(H,5,6)(H,7,8);1-4H. The molecule has 0 bridgehead atoms. The molecule has 0 aliphatic heterocycles. The predicted molar refractivity (Wildman–Crippen MR) is 39.1 cm³/mol. The molecule has 0 aliphatic rings. The van der Waals surface area contributed by atoms with Crippen LogP contribution in [0.4, 0.5) is 0 Å². The van der Waals surface area contributed by atoms with E-state index in [1.807, 2.05) is 0 Å². The number of carbonyl (C=O) groups is 2. The van der Waals surface area contributed by atoms with Crippen LogP contribution in [0.15, 0.2) is 0 Å². The van der Waals surface area contributed by atoms with Gasteiger partial charge in [0.2, 0.25) is 0 Å². The summed E-state index contributed by atoms with van der Waals surface area (Å²) in [5.74, 6) is -2.15. The molecular formula is C4H10O8Si. The van der Waals surface area contributed by atoms with E-state index in [0.717, 1.165) is 0 Å². The van der Waals surface area contributed by atoms with Crippen molar-refractivity contribution in [1.82, 2.24) is 0 Å². The maximum absolute atomic E-state index is 9.64. The topological polar surface area (TPSA) is 156 Å². The first kappa shape index (κ1) is 14.5. The molecule has 0 unspecified atom stereocenters. The molecule has 0 saturated heterocycles. The van der Waals surface area contributed by atoms with Crippen molar-refractivity contribution in [2.45, 2.75) is 12.8 Å². The first-order valence-corrected chi connectivity index (χ1v) is 4.75. The Bertz CT molecular complexity index is 151. The van der Waals surface area contributed by atoms with Crippen molar-refractivity contribution >= 4 is 21.0 Å². The number of hydrogen-bond donors (Lipinski definition) is 6. The van der Waals surface area contributed by atoms with Gasteiger partial charge in [0.15, 0.2) is 0 Å². The molecule has 0 aliphatic carbocycles. The van der Waals surface area contributed by atoms with Crippen LogP contribution >= 0.6 is 0 Å². The number of rotatable bonds is 3. The monoisotopic (exact) mass is 214 g/mol. The lowest BCUT2D eigenvalue weighted by Crippen LogP contribution is -2.33. The zero-order valence-electron chi connectivity index (χ0n) is 6.41. The predicted octanol–water partition coefficient (Wildman–Crippen LogP) is -2.67. The second-order valence-corrected chi connectivity index (χ2v) is 3.09. The Morgan fingerprint density at radius 3 is 1.08 bits per heavy atom. The summed E-state index contributed by atoms with van der Waals surface area (Å²) in [6.45, 7) is 0. The van der Waals surface area contributed by atoms with Gasteiger partial charge in [0.1, 0.15) is 0 Å². The highest BCUT2D eigenvalue weighted by atomic mass is 28.4. The fraction of sp³-hybridized carbons (Fsp3) is 0.500. The summed E-state index contributed by atoms with van der Waals surface area (Å²) in [5.41, 5.74) is 0. The highest BCUT2D eigenvalue weighted by molar-refractivity contribution is 6.46. The van der Waals surface area contributed by atoms with E-state index in [9.17, 15) is 9.59 Å². The van der Waals surface area contributed by atoms with E-state index >= 15 is 0 Å². The second-order valence-electron chi connectivity index (χ2n) is 1.89. The first-order valence-electron chi connectivity index (χ1n) is 2.96. The van der Waals surface area contributed by atoms with Crippen molar-refractivity contribution in [3.63, 3.8) is 0 Å². The Hall–Kier alpha value is -1.00. The molecule has 0 atom stereocenters. The van der Waals surface area contributed by atoms with Gasteiger partial charge in [0.05, 0.1) is 12.8 Å². The summed E-state index contributed by atoms with van der Waals surface area (Å²) in [6, 6.07) is 0. The maximum Gasteiger partial charge on any atom is 0.668 e. The van der Waals surface area contributed by atoms with Crippen LogP contribution in [0.5, 0.6) is 0 Å². The van der Waals surface area contributed by atoms with Gasteiger partial charge in [0, 0.05) is 0 Å². The van der Waals surface area contributed by atoms with Crippen LogP contribution in [0.2, 0.25) is 0 Å². The summed E-state index contributed by atoms with van der Waals surface area (Å²) < 4.78 is 0. The minimum absolute atomic E-state index is 0.296. The first-order chi connectivity index (χ1) is 5.63. The molecule has 0 aromatic carbocycles. The molecule has 0 amide bonds. The molecule has 0 spiro atoms. The van der Waals surface area contributed by atoms with Gasteiger partial charge in [0.25, 0.3) is 0 Å². The minimum atomic E-state index is -4.61. The summed E-state index contributed by atoms with van der Waals surface area (Å²) in [6.07, 6.45) is -0.593. The Balaban J connectivity index is 0. The molecular weight excluding hydrogens is 204 g/mol. The second kappa shape index (κ2) is 6.51. The van der Waals surface area contributed by atoms with Gasteiger partial charge in [-0.2, -0.15) is 0 Å². The van der Waals surface area contributed by atoms with E-state index in [1.54, 1.807) is 0 Å². The van der Waals surface area contributed by atoms with Gasteiger partial charge in [-0.05, 0) is 0 Å². The van der Waals surface area contributed by atoms with Crippen molar-refractivity contribution in [2.75, 3.05) is 0 Å². The van der Waals surface area contributed by atoms with Crippen LogP contribution in [0.1, 0.15) is 12.8 Å². The molecule has 13 heavy (non-hydrogen) atoms. The molecule has 9 heteroatoms. The summed E-state index contributed by atoms with van der Waals surface area (Å²) in [7, 11) is -4.61. The lowest BCUT2D eigenvalue weighted by atomic mass is 10.3. The summed E-state index contributed by atoms with van der Waals surface area (Å²) in [5, 5.41) is 15.8. The largest absolute Gasteiger partial charge is 0.668 e. The molecule has 0 saturated carbocycles. The fourth-order valence-electron chi connectivity index (χ4n) is 0.214. The third kappa shape index (κ3) is 55.7. The molecule has 6 N–H and O–H groups in total. The van der Waals surface area contributed by atoms with E-state index in [0.29, 0.717) is 0 Å². The van der Waals surface area contributed by atoms with Crippen LogP contribution in [0.25, 0.3) is 0 Å². The van der Waals surface area contributed by atoms with E-state index in [1.165, 1.54) is 0 Å². The SMILES string of the molecule is O=C(O)CCC(=O)O.O[Si](O)(O)O. The number of carboxylic acid groups (broad SMARTS) is 2. The highest BCUT2D eigenvalue weighted by Gasteiger charge is 2.22. The zero-order valence-corrected chi connectivity index (χ0v) is 7.41. The van der Waals surface area contributed by atoms with E-state index in [4.69, 9.17) is 29.4 Å². The van der Waals surface area contributed by atoms with Gasteiger partial charge < -0.3 is 29.4 Å². The van der Waals surface area contributed by atoms with Crippen molar-refractivity contribution in [2.24, 2.45) is 0 Å². The maximum atomic E-state index is 9.64. The molecule has 0 rings (SSSR count). The van der Waals surface area contributed by atoms with Crippen molar-refractivity contribution < 1.29 is 39.0 Å². The number of carboxylic acids is 2. The molecule has 0 fully saturated rings. The van der Waals surface area contributed by atoms with Gasteiger partial charge in [-0.3, -0.25) is 9.59 Å². The number of hydrogen-bond acceptors (Lipinski definition) is 6. The third-order valence-corrected chi connectivity index (χ3v) is 0.553. The van der Waals surface area contributed by atoms with E-state index in [2.05, 4.69) is 0 Å². The van der Waals surface area contributed by atoms with Crippen molar-refractivity contribution in [3.05, 3.63) is 0 Å². The van der Waals surface area contributed by atoms with Gasteiger partial charge in [-0.25, -0.2) is 0 Å². The van der Waals surface area contributed by atoms with Crippen molar-refractivity contribution in [3.8, 4) is 0 Å². The lowest BCUT2D eigenvalue weighted by Gasteiger charge is -1.91. The average Bonchev–Trinajstić information content (AvgIpc) is 1.79. The number of aliphatic carboxylic acids is 2. The average molecular weight is 214 g/mol. The van der Waals surface area contributed by atoms with Gasteiger partial charge in [-0.15, -0.1) is 0 Å². The normalized spacial score (nSPS) is 9.85. The summed E-state index contributed by atoms with van der Waals surface area (Å²) >= 11 is 0. The Morgan fingerprint density at radius 2 is 1.00 bits per heavy atom. The fourth-order valence-corrected chi connectivity index (χ4v) is 0.214. The van der Waals surface area contributed by atoms with Crippen molar-refractivity contribution in [1.29, 1.82) is 0 Å². The quantitative estimate of drug-likeness (QED) is 0.278. The summed E-state index contributed by atoms with van der Waals surface area (Å²) in [4.78, 5) is 48.6. The molecule has 0 radical (unpaired) electrons. The Kier molecular flexibility index (Phi) is 7.27. The molecule has 0 aromatic heterocycles. The molecule has 0 heterocycles. The van der Waals surface area contributed by atoms with E-state index < -0.39 is 21.0 Å². The zero-order chi connectivity index (χ0) is 11.1. The molecule has 78 valence electrons. The van der Waals surface area contributed by atoms with Crippen LogP contribution in [-0.2, 0) is 9.59 Å². The Labute approximate surface area is 73.8 Å². The van der Waals surface area contributed by atoms with Gasteiger partial charge >= 0.3 is 21.0 Å². The molecule has 8 nitrogen and oxygen atoms in total. The Morgan fingerprint density at radius 1 is 0.846 bits per heavy atom. The van der Waals surface area contributed by atoms with Crippen LogP contribution < -0.4 is 0 Å². The third-order valence-electron chi connectivity index (χ3n) is 0.553. The smallest absolute Gasteiger partial charge is 0.481 e. The van der Waals surface area contributed by atoms with Crippen LogP contribution in [0, 0.1) is 0 Å².